The molecule has 16 heavy (non-hydrogen) atoms. The Balaban J connectivity index is 2.22. The largest absolute Gasteiger partial charge is 0.384 e. The minimum Gasteiger partial charge on any atom is -0.384 e. The Labute approximate surface area is 96.8 Å². The fourth-order valence-corrected chi connectivity index (χ4v) is 1.39. The Bertz CT molecular complexity index is 279. The minimum atomic E-state index is -0.0430. The van der Waals surface area contributed by atoms with Crippen LogP contribution in [0.5, 0.6) is 0 Å². The van der Waals surface area contributed by atoms with Crippen LogP contribution in [0.2, 0.25) is 0 Å². The van der Waals surface area contributed by atoms with Crippen LogP contribution in [-0.2, 0) is 9.47 Å². The third-order valence-corrected chi connectivity index (χ3v) is 2.27. The third kappa shape index (κ3) is 5.68. The topological polar surface area (TPSA) is 56.8 Å². The van der Waals surface area contributed by atoms with Gasteiger partial charge in [-0.05, 0) is 25.8 Å². The van der Waals surface area contributed by atoms with Crippen molar-refractivity contribution in [3.63, 3.8) is 0 Å². The summed E-state index contributed by atoms with van der Waals surface area (Å²) in [5.41, 5.74) is 6.53. The van der Waals surface area contributed by atoms with Crippen molar-refractivity contribution in [2.45, 2.75) is 32.5 Å². The highest BCUT2D eigenvalue weighted by Gasteiger charge is 2.13. The maximum absolute atomic E-state index is 5.45. The summed E-state index contributed by atoms with van der Waals surface area (Å²) in [6, 6.07) is 0. The predicted molar refractivity (Wildman–Crippen MR) is 65.1 cm³/mol. The molecule has 0 aromatic heterocycles. The van der Waals surface area contributed by atoms with E-state index in [1.807, 2.05) is 13.0 Å². The van der Waals surface area contributed by atoms with Gasteiger partial charge in [-0.2, -0.15) is 0 Å². The van der Waals surface area contributed by atoms with Crippen LogP contribution in [0.25, 0.3) is 0 Å². The Hall–Kier alpha value is -1.13. The Kier molecular flexibility index (Phi) is 5.82. The molecule has 1 heterocycles. The molecule has 4 heteroatoms. The molecule has 2 N–H and O–H groups in total. The van der Waals surface area contributed by atoms with E-state index in [0.717, 1.165) is 32.5 Å². The summed E-state index contributed by atoms with van der Waals surface area (Å²) in [7, 11) is 0. The highest BCUT2D eigenvalue weighted by molar-refractivity contribution is 5.72. The second kappa shape index (κ2) is 7.19. The van der Waals surface area contributed by atoms with Gasteiger partial charge in [-0.25, -0.2) is 4.99 Å². The summed E-state index contributed by atoms with van der Waals surface area (Å²) in [5.74, 6) is 0.322. The first-order valence-electron chi connectivity index (χ1n) is 5.56. The molecule has 0 bridgehead atoms. The van der Waals surface area contributed by atoms with Gasteiger partial charge in [0.2, 0.25) is 0 Å². The molecule has 0 unspecified atom stereocenters. The average molecular weight is 224 g/mol. The van der Waals surface area contributed by atoms with Gasteiger partial charge in [0.1, 0.15) is 5.82 Å². The molecular formula is C12H20N2O2. The Morgan fingerprint density at radius 3 is 2.81 bits per heavy atom. The molecule has 0 aromatic carbocycles. The molecule has 0 radical (unpaired) electrons. The van der Waals surface area contributed by atoms with Gasteiger partial charge < -0.3 is 15.2 Å². The van der Waals surface area contributed by atoms with E-state index >= 15 is 0 Å². The number of nitrogens with zero attached hydrogens (tertiary/aromatic N) is 1. The van der Waals surface area contributed by atoms with Crippen LogP contribution < -0.4 is 5.73 Å². The molecular weight excluding hydrogens is 204 g/mol. The molecule has 1 rings (SSSR count). The lowest BCUT2D eigenvalue weighted by molar-refractivity contribution is -0.180. The third-order valence-electron chi connectivity index (χ3n) is 2.27. The number of hydrogen-bond acceptors (Lipinski definition) is 4. The van der Waals surface area contributed by atoms with Crippen LogP contribution in [0.15, 0.2) is 29.0 Å². The van der Waals surface area contributed by atoms with Crippen LogP contribution in [0.1, 0.15) is 26.2 Å². The number of aliphatic imine (C=N–C) groups is 1. The van der Waals surface area contributed by atoms with Gasteiger partial charge in [-0.1, -0.05) is 12.2 Å². The lowest BCUT2D eigenvalue weighted by Crippen LogP contribution is -2.24. The maximum atomic E-state index is 5.45. The number of hydrogen-bond donors (Lipinski definition) is 1. The predicted octanol–water partition coefficient (Wildman–Crippen LogP) is 1.98. The van der Waals surface area contributed by atoms with Crippen molar-refractivity contribution in [2.75, 3.05) is 13.2 Å². The summed E-state index contributed by atoms with van der Waals surface area (Å²) in [4.78, 5) is 3.88. The van der Waals surface area contributed by atoms with Crippen molar-refractivity contribution in [2.24, 2.45) is 10.7 Å². The van der Waals surface area contributed by atoms with Crippen molar-refractivity contribution in [3.8, 4) is 0 Å². The molecule has 90 valence electrons. The Morgan fingerprint density at radius 1 is 1.50 bits per heavy atom. The zero-order valence-corrected chi connectivity index (χ0v) is 9.82. The monoisotopic (exact) mass is 224 g/mol. The zero-order valence-electron chi connectivity index (χ0n) is 9.82. The van der Waals surface area contributed by atoms with Gasteiger partial charge in [0.25, 0.3) is 0 Å². The van der Waals surface area contributed by atoms with Gasteiger partial charge in [-0.3, -0.25) is 0 Å². The summed E-state index contributed by atoms with van der Waals surface area (Å²) in [5, 5.41) is 0. The van der Waals surface area contributed by atoms with E-state index in [1.54, 1.807) is 6.21 Å². The van der Waals surface area contributed by atoms with Crippen LogP contribution >= 0.6 is 0 Å². The molecule has 4 nitrogen and oxygen atoms in total. The number of allylic oxidation sites excluding steroid dienone is 2. The zero-order chi connectivity index (χ0) is 11.8. The second-order valence-corrected chi connectivity index (χ2v) is 3.85. The van der Waals surface area contributed by atoms with Crippen LogP contribution in [-0.4, -0.2) is 25.7 Å². The van der Waals surface area contributed by atoms with E-state index in [1.165, 1.54) is 5.57 Å². The first kappa shape index (κ1) is 12.9. The maximum Gasteiger partial charge on any atom is 0.157 e. The van der Waals surface area contributed by atoms with Gasteiger partial charge in [0, 0.05) is 12.6 Å². The van der Waals surface area contributed by atoms with Crippen molar-refractivity contribution >= 4 is 6.21 Å². The lowest BCUT2D eigenvalue weighted by atomic mass is 10.1. The SMILES string of the molecule is C=C(N)/N=C\C=C(/C)CCC1OCCCO1. The lowest BCUT2D eigenvalue weighted by Gasteiger charge is -2.23. The molecule has 0 aliphatic carbocycles. The first-order valence-corrected chi connectivity index (χ1v) is 5.56. The highest BCUT2D eigenvalue weighted by atomic mass is 16.7. The van der Waals surface area contributed by atoms with Gasteiger partial charge in [0.05, 0.1) is 13.2 Å². The van der Waals surface area contributed by atoms with Crippen molar-refractivity contribution in [1.82, 2.24) is 0 Å². The number of ether oxygens (including phenoxy) is 2. The van der Waals surface area contributed by atoms with Crippen LogP contribution in [0.4, 0.5) is 0 Å². The second-order valence-electron chi connectivity index (χ2n) is 3.85. The molecule has 0 amide bonds. The average Bonchev–Trinajstić information content (AvgIpc) is 2.27. The molecule has 1 aliphatic rings. The summed E-state index contributed by atoms with van der Waals surface area (Å²) in [6.45, 7) is 7.15. The summed E-state index contributed by atoms with van der Waals surface area (Å²) in [6.07, 6.45) is 6.38. The van der Waals surface area contributed by atoms with Gasteiger partial charge in [-0.15, -0.1) is 0 Å². The molecule has 0 spiro atoms. The van der Waals surface area contributed by atoms with Crippen molar-refractivity contribution in [3.05, 3.63) is 24.0 Å². The highest BCUT2D eigenvalue weighted by Crippen LogP contribution is 2.13. The van der Waals surface area contributed by atoms with E-state index < -0.39 is 0 Å². The van der Waals surface area contributed by atoms with Gasteiger partial charge >= 0.3 is 0 Å². The van der Waals surface area contributed by atoms with E-state index in [2.05, 4.69) is 11.6 Å². The molecule has 0 atom stereocenters. The molecule has 0 aromatic rings. The smallest absolute Gasteiger partial charge is 0.157 e. The van der Waals surface area contributed by atoms with Crippen LogP contribution in [0.3, 0.4) is 0 Å². The summed E-state index contributed by atoms with van der Waals surface area (Å²) >= 11 is 0. The van der Waals surface area contributed by atoms with Gasteiger partial charge in [0.15, 0.2) is 6.29 Å². The molecule has 1 saturated heterocycles. The molecule has 1 aliphatic heterocycles. The fraction of sp³-hybridized carbons (Fsp3) is 0.583. The van der Waals surface area contributed by atoms with Crippen LogP contribution in [0, 0.1) is 0 Å². The Morgan fingerprint density at radius 2 is 2.19 bits per heavy atom. The van der Waals surface area contributed by atoms with E-state index in [4.69, 9.17) is 15.2 Å². The van der Waals surface area contributed by atoms with E-state index in [-0.39, 0.29) is 6.29 Å². The van der Waals surface area contributed by atoms with Crippen molar-refractivity contribution in [1.29, 1.82) is 0 Å². The summed E-state index contributed by atoms with van der Waals surface area (Å²) < 4.78 is 10.9. The van der Waals surface area contributed by atoms with Crippen molar-refractivity contribution < 1.29 is 9.47 Å². The normalized spacial score (nSPS) is 19.2. The minimum absolute atomic E-state index is 0.0430. The fourth-order valence-electron chi connectivity index (χ4n) is 1.39. The number of rotatable bonds is 5. The quantitative estimate of drug-likeness (QED) is 0.726. The van der Waals surface area contributed by atoms with E-state index in [9.17, 15) is 0 Å². The number of nitrogens with two attached hydrogens (primary N) is 1. The van der Waals surface area contributed by atoms with E-state index in [0.29, 0.717) is 5.82 Å². The molecule has 1 fully saturated rings. The first-order chi connectivity index (χ1) is 7.68. The standard InChI is InChI=1S/C12H20N2O2/c1-10(6-7-14-11(2)13)4-5-12-15-8-3-9-16-12/h6-7,12H,2-5,8-9,13H2,1H3/b10-6+,14-7-. The molecule has 0 saturated carbocycles.